The highest BCUT2D eigenvalue weighted by Gasteiger charge is 2.30. The van der Waals surface area contributed by atoms with E-state index in [4.69, 9.17) is 14.2 Å². The van der Waals surface area contributed by atoms with Crippen LogP contribution in [0.3, 0.4) is 0 Å². The molecule has 8 nitrogen and oxygen atoms in total. The van der Waals surface area contributed by atoms with E-state index in [0.29, 0.717) is 41.7 Å². The summed E-state index contributed by atoms with van der Waals surface area (Å²) in [6, 6.07) is 10.5. The van der Waals surface area contributed by atoms with Gasteiger partial charge in [-0.05, 0) is 77.2 Å². The Bertz CT molecular complexity index is 1010. The van der Waals surface area contributed by atoms with Gasteiger partial charge >= 0.3 is 0 Å². The fraction of sp³-hybridized carbons (Fsp3) is 0.423. The normalized spacial score (nSPS) is 11.9. The zero-order chi connectivity index (χ0) is 25.8. The second-order valence-electron chi connectivity index (χ2n) is 8.14. The van der Waals surface area contributed by atoms with Crippen molar-refractivity contribution in [1.82, 2.24) is 5.43 Å². The summed E-state index contributed by atoms with van der Waals surface area (Å²) in [4.78, 5) is 25.6. The van der Waals surface area contributed by atoms with E-state index in [-0.39, 0.29) is 5.92 Å². The number of amides is 2. The standard InChI is InChI=1S/C26H34BrN3O5/c1-6-8-13-35-24-21(27)14-18(15-22(24)34-7-2)16-28-30-26(32)23(17(3)4)25(31)29-19-9-11-20(33-5)12-10-19/h9-12,14-17,23H,6-8,13H2,1-5H3,(H,29,31)(H,30,32). The quantitative estimate of drug-likeness (QED) is 0.151. The maximum atomic E-state index is 12.8. The minimum Gasteiger partial charge on any atom is -0.497 e. The third-order valence-electron chi connectivity index (χ3n) is 5.05. The van der Waals surface area contributed by atoms with E-state index in [2.05, 4.69) is 38.7 Å². The number of hydrogen-bond acceptors (Lipinski definition) is 6. The maximum absolute atomic E-state index is 12.8. The third-order valence-corrected chi connectivity index (χ3v) is 5.64. The Balaban J connectivity index is 2.09. The molecule has 2 amide bonds. The van der Waals surface area contributed by atoms with Gasteiger partial charge in [-0.25, -0.2) is 5.43 Å². The van der Waals surface area contributed by atoms with E-state index in [9.17, 15) is 9.59 Å². The van der Waals surface area contributed by atoms with Gasteiger partial charge in [-0.2, -0.15) is 5.10 Å². The molecule has 0 aromatic heterocycles. The summed E-state index contributed by atoms with van der Waals surface area (Å²) in [7, 11) is 1.57. The van der Waals surface area contributed by atoms with Gasteiger partial charge in [-0.3, -0.25) is 9.59 Å². The summed E-state index contributed by atoms with van der Waals surface area (Å²) in [5.41, 5.74) is 3.76. The lowest BCUT2D eigenvalue weighted by Gasteiger charge is -2.18. The molecule has 0 radical (unpaired) electrons. The van der Waals surface area contributed by atoms with Crippen LogP contribution < -0.4 is 25.0 Å². The van der Waals surface area contributed by atoms with Crippen molar-refractivity contribution in [3.05, 3.63) is 46.4 Å². The highest BCUT2D eigenvalue weighted by atomic mass is 79.9. The molecule has 0 aliphatic carbocycles. The summed E-state index contributed by atoms with van der Waals surface area (Å²) >= 11 is 3.53. The molecular weight excluding hydrogens is 514 g/mol. The van der Waals surface area contributed by atoms with Crippen LogP contribution in [0.4, 0.5) is 5.69 Å². The summed E-state index contributed by atoms with van der Waals surface area (Å²) in [6.07, 6.45) is 3.47. The first-order valence-electron chi connectivity index (χ1n) is 11.7. The lowest BCUT2D eigenvalue weighted by molar-refractivity contribution is -0.134. The molecule has 35 heavy (non-hydrogen) atoms. The Morgan fingerprint density at radius 1 is 1.09 bits per heavy atom. The summed E-state index contributed by atoms with van der Waals surface area (Å²) in [5.74, 6) is -0.161. The van der Waals surface area contributed by atoms with E-state index in [1.165, 1.54) is 6.21 Å². The van der Waals surface area contributed by atoms with Gasteiger partial charge < -0.3 is 19.5 Å². The van der Waals surface area contributed by atoms with E-state index in [1.54, 1.807) is 37.4 Å². The molecule has 1 atom stereocenters. The molecule has 0 bridgehead atoms. The molecule has 2 aromatic carbocycles. The summed E-state index contributed by atoms with van der Waals surface area (Å²) in [5, 5.41) is 6.84. The highest BCUT2D eigenvalue weighted by Crippen LogP contribution is 2.36. The molecular formula is C26H34BrN3O5. The molecule has 0 aliphatic rings. The van der Waals surface area contributed by atoms with Crippen LogP contribution >= 0.6 is 15.9 Å². The minimum absolute atomic E-state index is 0.235. The number of ether oxygens (including phenoxy) is 3. The molecule has 190 valence electrons. The van der Waals surface area contributed by atoms with Crippen LogP contribution in [0, 0.1) is 11.8 Å². The largest absolute Gasteiger partial charge is 0.497 e. The number of carbonyl (C=O) groups is 2. The van der Waals surface area contributed by atoms with Gasteiger partial charge in [0.1, 0.15) is 11.7 Å². The first-order valence-corrected chi connectivity index (χ1v) is 12.5. The fourth-order valence-electron chi connectivity index (χ4n) is 3.24. The third kappa shape index (κ3) is 8.58. The van der Waals surface area contributed by atoms with Crippen LogP contribution in [0.2, 0.25) is 0 Å². The Morgan fingerprint density at radius 3 is 2.40 bits per heavy atom. The Kier molecular flexibility index (Phi) is 11.6. The fourth-order valence-corrected chi connectivity index (χ4v) is 3.82. The average molecular weight is 548 g/mol. The molecule has 0 spiro atoms. The Morgan fingerprint density at radius 2 is 1.80 bits per heavy atom. The number of halogens is 1. The van der Waals surface area contributed by atoms with Crippen molar-refractivity contribution in [2.75, 3.05) is 25.6 Å². The molecule has 2 rings (SSSR count). The number of nitrogens with one attached hydrogen (secondary N) is 2. The first kappa shape index (κ1) is 28.2. The van der Waals surface area contributed by atoms with Gasteiger partial charge in [0, 0.05) is 5.69 Å². The summed E-state index contributed by atoms with van der Waals surface area (Å²) in [6.45, 7) is 8.69. The predicted molar refractivity (Wildman–Crippen MR) is 141 cm³/mol. The van der Waals surface area contributed by atoms with Crippen molar-refractivity contribution in [1.29, 1.82) is 0 Å². The van der Waals surface area contributed by atoms with Crippen LogP contribution in [0.1, 0.15) is 46.1 Å². The molecule has 2 N–H and O–H groups in total. The van der Waals surface area contributed by atoms with Crippen LogP contribution in [0.15, 0.2) is 46.0 Å². The average Bonchev–Trinajstić information content (AvgIpc) is 2.81. The second kappa shape index (κ2) is 14.4. The second-order valence-corrected chi connectivity index (χ2v) is 8.99. The van der Waals surface area contributed by atoms with Crippen molar-refractivity contribution >= 4 is 39.6 Å². The maximum Gasteiger partial charge on any atom is 0.252 e. The smallest absolute Gasteiger partial charge is 0.252 e. The van der Waals surface area contributed by atoms with Crippen LogP contribution in [-0.2, 0) is 9.59 Å². The number of nitrogens with zero attached hydrogens (tertiary/aromatic N) is 1. The van der Waals surface area contributed by atoms with Crippen molar-refractivity contribution < 1.29 is 23.8 Å². The molecule has 0 saturated carbocycles. The Hall–Kier alpha value is -3.07. The van der Waals surface area contributed by atoms with Crippen LogP contribution in [0.25, 0.3) is 0 Å². The predicted octanol–water partition coefficient (Wildman–Crippen LogP) is 5.40. The molecule has 0 aliphatic heterocycles. The monoisotopic (exact) mass is 547 g/mol. The Labute approximate surface area is 215 Å². The van der Waals surface area contributed by atoms with E-state index in [0.717, 1.165) is 17.3 Å². The zero-order valence-corrected chi connectivity index (χ0v) is 22.5. The van der Waals surface area contributed by atoms with Gasteiger partial charge in [0.25, 0.3) is 5.91 Å². The number of methoxy groups -OCH3 is 1. The van der Waals surface area contributed by atoms with Gasteiger partial charge in [-0.1, -0.05) is 27.2 Å². The molecule has 0 heterocycles. The topological polar surface area (TPSA) is 98.2 Å². The van der Waals surface area contributed by atoms with E-state index >= 15 is 0 Å². The number of carbonyl (C=O) groups excluding carboxylic acids is 2. The number of anilines is 1. The summed E-state index contributed by atoms with van der Waals surface area (Å²) < 4.78 is 17.4. The molecule has 9 heteroatoms. The van der Waals surface area contributed by atoms with E-state index < -0.39 is 17.7 Å². The first-order chi connectivity index (χ1) is 16.8. The van der Waals surface area contributed by atoms with Gasteiger partial charge in [0.2, 0.25) is 5.91 Å². The van der Waals surface area contributed by atoms with Crippen molar-refractivity contribution in [2.45, 2.75) is 40.5 Å². The van der Waals surface area contributed by atoms with Gasteiger partial charge in [0.05, 0.1) is 31.0 Å². The number of benzene rings is 2. The van der Waals surface area contributed by atoms with Crippen molar-refractivity contribution in [2.24, 2.45) is 16.9 Å². The van der Waals surface area contributed by atoms with Gasteiger partial charge in [-0.15, -0.1) is 0 Å². The van der Waals surface area contributed by atoms with Crippen molar-refractivity contribution in [3.63, 3.8) is 0 Å². The molecule has 2 aromatic rings. The minimum atomic E-state index is -0.922. The van der Waals surface area contributed by atoms with Crippen molar-refractivity contribution in [3.8, 4) is 17.2 Å². The highest BCUT2D eigenvalue weighted by molar-refractivity contribution is 9.10. The number of hydrogen-bond donors (Lipinski definition) is 2. The zero-order valence-electron chi connectivity index (χ0n) is 20.9. The van der Waals surface area contributed by atoms with Gasteiger partial charge in [0.15, 0.2) is 11.5 Å². The van der Waals surface area contributed by atoms with Crippen LogP contribution in [-0.4, -0.2) is 38.4 Å². The number of hydrazone groups is 1. The molecule has 0 fully saturated rings. The van der Waals surface area contributed by atoms with E-state index in [1.807, 2.05) is 26.8 Å². The number of unbranched alkanes of at least 4 members (excludes halogenated alkanes) is 1. The molecule has 1 unspecified atom stereocenters. The number of rotatable bonds is 13. The lowest BCUT2D eigenvalue weighted by Crippen LogP contribution is -2.39. The molecule has 0 saturated heterocycles. The SMILES string of the molecule is CCCCOc1c(Br)cc(C=NNC(=O)C(C(=O)Nc2ccc(OC)cc2)C(C)C)cc1OCC. The van der Waals surface area contributed by atoms with Crippen LogP contribution in [0.5, 0.6) is 17.2 Å². The lowest BCUT2D eigenvalue weighted by atomic mass is 9.94.